The van der Waals surface area contributed by atoms with Gasteiger partial charge in [0.15, 0.2) is 0 Å². The highest BCUT2D eigenvalue weighted by Crippen LogP contribution is 2.20. The van der Waals surface area contributed by atoms with Crippen LogP contribution in [0.5, 0.6) is 5.75 Å². The van der Waals surface area contributed by atoms with Gasteiger partial charge in [0.25, 0.3) is 0 Å². The largest absolute Gasteiger partial charge is 0.497 e. The molecule has 0 aliphatic carbocycles. The van der Waals surface area contributed by atoms with Crippen molar-refractivity contribution in [3.8, 4) is 5.75 Å². The molecular formula is C15H15N3O3. The standard InChI is InChI=1S/C15H15N3O3/c1-21-12-4-2-10(3-5-12)13-6-7-14-16-11(8-15(19)20)9-18(14)17-13/h2-7,11H,8-9H2,1H3,(H,19,20). The molecule has 1 atom stereocenters. The summed E-state index contributed by atoms with van der Waals surface area (Å²) in [4.78, 5) is 15.1. The zero-order valence-corrected chi connectivity index (χ0v) is 11.6. The van der Waals surface area contributed by atoms with E-state index in [0.717, 1.165) is 22.9 Å². The number of aliphatic imine (C=N–C) groups is 1. The Morgan fingerprint density at radius 2 is 2.14 bits per heavy atom. The van der Waals surface area contributed by atoms with Crippen LogP contribution in [-0.2, 0) is 4.79 Å². The molecule has 2 aliphatic heterocycles. The SMILES string of the molecule is COc1ccc(C2=NN3CC(CC(=O)O)N=C3C=C2)cc1. The fourth-order valence-electron chi connectivity index (χ4n) is 2.35. The first-order chi connectivity index (χ1) is 10.2. The summed E-state index contributed by atoms with van der Waals surface area (Å²) in [6.07, 6.45) is 3.79. The first-order valence-corrected chi connectivity index (χ1v) is 6.64. The normalized spacial score (nSPS) is 19.9. The van der Waals surface area contributed by atoms with Gasteiger partial charge in [-0.15, -0.1) is 0 Å². The minimum atomic E-state index is -0.840. The Hall–Kier alpha value is -2.63. The van der Waals surface area contributed by atoms with Crippen LogP contribution in [0.3, 0.4) is 0 Å². The van der Waals surface area contributed by atoms with E-state index in [1.54, 1.807) is 12.1 Å². The van der Waals surface area contributed by atoms with Gasteiger partial charge in [-0.25, -0.2) is 5.01 Å². The average Bonchev–Trinajstić information content (AvgIpc) is 2.87. The van der Waals surface area contributed by atoms with Gasteiger partial charge in [-0.2, -0.15) is 5.10 Å². The van der Waals surface area contributed by atoms with Gasteiger partial charge in [0.05, 0.1) is 31.8 Å². The number of allylic oxidation sites excluding steroid dienone is 1. The number of hydrogen-bond acceptors (Lipinski definition) is 5. The van der Waals surface area contributed by atoms with Crippen LogP contribution < -0.4 is 4.74 Å². The lowest BCUT2D eigenvalue weighted by molar-refractivity contribution is -0.137. The Morgan fingerprint density at radius 1 is 1.38 bits per heavy atom. The maximum absolute atomic E-state index is 10.8. The van der Waals surface area contributed by atoms with Crippen molar-refractivity contribution in [3.05, 3.63) is 42.0 Å². The highest BCUT2D eigenvalue weighted by Gasteiger charge is 2.27. The summed E-state index contributed by atoms with van der Waals surface area (Å²) in [6, 6.07) is 7.41. The van der Waals surface area contributed by atoms with Crippen LogP contribution in [0, 0.1) is 0 Å². The number of amidine groups is 1. The van der Waals surface area contributed by atoms with E-state index in [0.29, 0.717) is 6.54 Å². The molecule has 0 spiro atoms. The number of aliphatic carboxylic acids is 1. The molecule has 1 aromatic carbocycles. The number of rotatable bonds is 4. The van der Waals surface area contributed by atoms with Gasteiger partial charge in [0, 0.05) is 5.56 Å². The summed E-state index contributed by atoms with van der Waals surface area (Å²) in [7, 11) is 1.63. The summed E-state index contributed by atoms with van der Waals surface area (Å²) < 4.78 is 5.13. The number of hydrazone groups is 1. The van der Waals surface area contributed by atoms with E-state index in [-0.39, 0.29) is 12.5 Å². The van der Waals surface area contributed by atoms with Crippen molar-refractivity contribution >= 4 is 17.5 Å². The van der Waals surface area contributed by atoms with E-state index in [4.69, 9.17) is 9.84 Å². The predicted octanol–water partition coefficient (Wildman–Crippen LogP) is 1.53. The fraction of sp³-hybridized carbons (Fsp3) is 0.267. The Labute approximate surface area is 122 Å². The summed E-state index contributed by atoms with van der Waals surface area (Å²) in [5, 5.41) is 15.1. The van der Waals surface area contributed by atoms with E-state index >= 15 is 0 Å². The maximum atomic E-state index is 10.8. The monoisotopic (exact) mass is 285 g/mol. The van der Waals surface area contributed by atoms with Crippen molar-refractivity contribution in [2.75, 3.05) is 13.7 Å². The van der Waals surface area contributed by atoms with Crippen LogP contribution in [0.1, 0.15) is 12.0 Å². The number of benzene rings is 1. The first kappa shape index (κ1) is 13.4. The molecule has 2 aliphatic rings. The highest BCUT2D eigenvalue weighted by atomic mass is 16.5. The number of carbonyl (C=O) groups is 1. The molecule has 6 nitrogen and oxygen atoms in total. The molecule has 3 rings (SSSR count). The van der Waals surface area contributed by atoms with Crippen LogP contribution in [0.2, 0.25) is 0 Å². The third-order valence-electron chi connectivity index (χ3n) is 3.38. The number of methoxy groups -OCH3 is 1. The molecule has 108 valence electrons. The fourth-order valence-corrected chi connectivity index (χ4v) is 2.35. The lowest BCUT2D eigenvalue weighted by Crippen LogP contribution is -2.27. The van der Waals surface area contributed by atoms with Crippen molar-refractivity contribution < 1.29 is 14.6 Å². The van der Waals surface area contributed by atoms with E-state index in [9.17, 15) is 4.79 Å². The topological polar surface area (TPSA) is 74.5 Å². The van der Waals surface area contributed by atoms with E-state index in [2.05, 4.69) is 10.1 Å². The van der Waals surface area contributed by atoms with E-state index < -0.39 is 5.97 Å². The number of ether oxygens (including phenoxy) is 1. The zero-order chi connectivity index (χ0) is 14.8. The first-order valence-electron chi connectivity index (χ1n) is 6.64. The van der Waals surface area contributed by atoms with Gasteiger partial charge < -0.3 is 9.84 Å². The maximum Gasteiger partial charge on any atom is 0.305 e. The molecule has 0 radical (unpaired) electrons. The van der Waals surface area contributed by atoms with Gasteiger partial charge in [-0.1, -0.05) is 0 Å². The summed E-state index contributed by atoms with van der Waals surface area (Å²) in [5.41, 5.74) is 1.81. The van der Waals surface area contributed by atoms with Crippen molar-refractivity contribution in [2.24, 2.45) is 10.1 Å². The number of hydrogen-bond donors (Lipinski definition) is 1. The lowest BCUT2D eigenvalue weighted by Gasteiger charge is -2.18. The van der Waals surface area contributed by atoms with E-state index in [1.165, 1.54) is 0 Å². The number of fused-ring (bicyclic) bond motifs is 1. The Morgan fingerprint density at radius 3 is 2.81 bits per heavy atom. The van der Waals surface area contributed by atoms with Crippen molar-refractivity contribution in [1.29, 1.82) is 0 Å². The Kier molecular flexibility index (Phi) is 3.43. The molecule has 0 fully saturated rings. The number of carboxylic acids is 1. The van der Waals surface area contributed by atoms with Crippen LogP contribution in [0.15, 0.2) is 46.5 Å². The minimum absolute atomic E-state index is 0.0290. The summed E-state index contributed by atoms with van der Waals surface area (Å²) >= 11 is 0. The van der Waals surface area contributed by atoms with Crippen LogP contribution in [0.25, 0.3) is 0 Å². The molecule has 1 N–H and O–H groups in total. The number of nitrogens with zero attached hydrogens (tertiary/aromatic N) is 3. The molecular weight excluding hydrogens is 270 g/mol. The second-order valence-corrected chi connectivity index (χ2v) is 4.87. The molecule has 1 aromatic rings. The van der Waals surface area contributed by atoms with Crippen LogP contribution in [0.4, 0.5) is 0 Å². The quantitative estimate of drug-likeness (QED) is 0.910. The van der Waals surface area contributed by atoms with Crippen molar-refractivity contribution in [3.63, 3.8) is 0 Å². The highest BCUT2D eigenvalue weighted by molar-refractivity contribution is 6.14. The van der Waals surface area contributed by atoms with Gasteiger partial charge >= 0.3 is 5.97 Å². The minimum Gasteiger partial charge on any atom is -0.497 e. The Balaban J connectivity index is 1.77. The second-order valence-electron chi connectivity index (χ2n) is 4.87. The molecule has 1 unspecified atom stereocenters. The molecule has 0 bridgehead atoms. The second kappa shape index (κ2) is 5.40. The molecule has 2 heterocycles. The lowest BCUT2D eigenvalue weighted by atomic mass is 10.1. The van der Waals surface area contributed by atoms with Gasteiger partial charge in [0.1, 0.15) is 11.6 Å². The molecule has 0 aromatic heterocycles. The van der Waals surface area contributed by atoms with Crippen LogP contribution in [-0.4, -0.2) is 47.3 Å². The van der Waals surface area contributed by atoms with Gasteiger partial charge in [-0.05, 0) is 36.4 Å². The molecule has 0 saturated carbocycles. The summed E-state index contributed by atoms with van der Waals surface area (Å²) in [6.45, 7) is 0.506. The summed E-state index contributed by atoms with van der Waals surface area (Å²) in [5.74, 6) is 0.676. The molecule has 0 amide bonds. The molecule has 21 heavy (non-hydrogen) atoms. The molecule has 0 saturated heterocycles. The van der Waals surface area contributed by atoms with E-state index in [1.807, 2.05) is 36.4 Å². The smallest absolute Gasteiger partial charge is 0.305 e. The third kappa shape index (κ3) is 2.79. The molecule has 6 heteroatoms. The average molecular weight is 285 g/mol. The number of carboxylic acid groups (broad SMARTS) is 1. The van der Waals surface area contributed by atoms with Crippen molar-refractivity contribution in [1.82, 2.24) is 5.01 Å². The van der Waals surface area contributed by atoms with Gasteiger partial charge in [0.2, 0.25) is 0 Å². The van der Waals surface area contributed by atoms with Gasteiger partial charge in [-0.3, -0.25) is 9.79 Å². The third-order valence-corrected chi connectivity index (χ3v) is 3.38. The van der Waals surface area contributed by atoms with Crippen molar-refractivity contribution in [2.45, 2.75) is 12.5 Å². The Bertz CT molecular complexity index is 647. The zero-order valence-electron chi connectivity index (χ0n) is 11.6. The predicted molar refractivity (Wildman–Crippen MR) is 78.9 cm³/mol. The van der Waals surface area contributed by atoms with Crippen LogP contribution >= 0.6 is 0 Å².